The molecule has 2 aliphatic heterocycles. The molecule has 2 aliphatic rings. The van der Waals surface area contributed by atoms with E-state index < -0.39 is 73.7 Å². The summed E-state index contributed by atoms with van der Waals surface area (Å²) in [5.41, 5.74) is -0.998. The molecule has 3 heterocycles. The van der Waals surface area contributed by atoms with Gasteiger partial charge in [0.2, 0.25) is 21.8 Å². The lowest BCUT2D eigenvalue weighted by Crippen LogP contribution is -2.33. The van der Waals surface area contributed by atoms with Gasteiger partial charge in [0.05, 0.1) is 33.7 Å². The Labute approximate surface area is 284 Å². The molecule has 0 radical (unpaired) electrons. The molecule has 3 atom stereocenters. The summed E-state index contributed by atoms with van der Waals surface area (Å²) < 4.78 is 76.3. The van der Waals surface area contributed by atoms with Crippen LogP contribution < -0.4 is 29.7 Å². The van der Waals surface area contributed by atoms with Gasteiger partial charge < -0.3 is 19.8 Å². The zero-order valence-corrected chi connectivity index (χ0v) is 27.6. The molecule has 0 aliphatic carbocycles. The highest BCUT2D eigenvalue weighted by atomic mass is 32.2. The average Bonchev–Trinajstić information content (AvgIpc) is 3.53. The van der Waals surface area contributed by atoms with Gasteiger partial charge in [-0.2, -0.15) is 13.2 Å². The summed E-state index contributed by atoms with van der Waals surface area (Å²) >= 11 is 1.76. The summed E-state index contributed by atoms with van der Waals surface area (Å²) in [6.07, 6.45) is -4.83. The van der Waals surface area contributed by atoms with Crippen LogP contribution in [0.1, 0.15) is 28.8 Å². The number of carbonyl (C=O) groups is 3. The third kappa shape index (κ3) is 6.68. The minimum Gasteiger partial charge on any atom is -0.490 e. The van der Waals surface area contributed by atoms with Gasteiger partial charge in [-0.3, -0.25) is 19.2 Å². The number of hydrogen-bond donors (Lipinski definition) is 3. The van der Waals surface area contributed by atoms with Gasteiger partial charge in [0.15, 0.2) is 18.1 Å². The Hall–Kier alpha value is -4.65. The van der Waals surface area contributed by atoms with Crippen molar-refractivity contribution < 1.29 is 45.4 Å². The van der Waals surface area contributed by atoms with E-state index in [2.05, 4.69) is 10.3 Å². The number of benzene rings is 3. The third-order valence-corrected chi connectivity index (χ3v) is 11.1. The standard InChI is InChI=1S/C31H25F3N4O8S3/c1-2-45-21-13-15(7-12-20(21)46-14-22(39)36-16-8-10-17(11-9-16)49(35,43)44)23-24-26(47-27-25(23)48-30(42)37-27)29(41)38(28(24)40)19-6-4-3-5-18(19)31(32,33)34/h3-13,23-24,26H,2,14H2,1H3,(H,36,39)(H,37,42)(H2,35,43,44)/t23-,24?,26?/m1/s1. The molecule has 2 unspecified atom stereocenters. The number of alkyl halides is 3. The van der Waals surface area contributed by atoms with E-state index >= 15 is 0 Å². The zero-order valence-electron chi connectivity index (χ0n) is 25.1. The number of thiazole rings is 1. The monoisotopic (exact) mass is 734 g/mol. The first-order valence-electron chi connectivity index (χ1n) is 14.4. The first-order valence-corrected chi connectivity index (χ1v) is 17.7. The Morgan fingerprint density at radius 2 is 1.71 bits per heavy atom. The number of halogens is 3. The van der Waals surface area contributed by atoms with Gasteiger partial charge in [-0.1, -0.05) is 41.3 Å². The average molecular weight is 735 g/mol. The van der Waals surface area contributed by atoms with E-state index in [1.807, 2.05) is 0 Å². The Balaban J connectivity index is 1.30. The van der Waals surface area contributed by atoms with Crippen molar-refractivity contribution in [2.24, 2.45) is 11.1 Å². The number of imide groups is 1. The van der Waals surface area contributed by atoms with Crippen molar-refractivity contribution in [3.8, 4) is 11.5 Å². The molecule has 1 fully saturated rings. The van der Waals surface area contributed by atoms with E-state index in [-0.39, 0.29) is 28.7 Å². The van der Waals surface area contributed by atoms with Crippen molar-refractivity contribution in [2.75, 3.05) is 23.4 Å². The molecule has 1 saturated heterocycles. The van der Waals surface area contributed by atoms with Gasteiger partial charge in [0.25, 0.3) is 5.91 Å². The van der Waals surface area contributed by atoms with Crippen molar-refractivity contribution in [3.63, 3.8) is 0 Å². The number of carbonyl (C=O) groups excluding carboxylic acids is 3. The van der Waals surface area contributed by atoms with E-state index in [0.29, 0.717) is 20.4 Å². The topological polar surface area (TPSA) is 178 Å². The fraction of sp³-hybridized carbons (Fsp3) is 0.226. The number of anilines is 2. The van der Waals surface area contributed by atoms with Crippen LogP contribution in [-0.4, -0.2) is 49.6 Å². The van der Waals surface area contributed by atoms with Crippen molar-refractivity contribution in [3.05, 3.63) is 92.4 Å². The van der Waals surface area contributed by atoms with E-state index in [9.17, 15) is 40.8 Å². The van der Waals surface area contributed by atoms with Crippen LogP contribution in [-0.2, 0) is 30.6 Å². The molecule has 256 valence electrons. The van der Waals surface area contributed by atoms with Crippen LogP contribution in [0, 0.1) is 5.92 Å². The summed E-state index contributed by atoms with van der Waals surface area (Å²) in [5, 5.41) is 6.86. The van der Waals surface area contributed by atoms with E-state index in [1.54, 1.807) is 19.1 Å². The number of H-pyrrole nitrogens is 1. The van der Waals surface area contributed by atoms with Gasteiger partial charge in [-0.15, -0.1) is 0 Å². The molecule has 18 heteroatoms. The molecule has 12 nitrogen and oxygen atoms in total. The highest BCUT2D eigenvalue weighted by Crippen LogP contribution is 2.54. The van der Waals surface area contributed by atoms with Crippen molar-refractivity contribution >= 4 is 62.2 Å². The lowest BCUT2D eigenvalue weighted by molar-refractivity contribution is -0.137. The lowest BCUT2D eigenvalue weighted by atomic mass is 9.83. The molecule has 4 aromatic rings. The number of ether oxygens (including phenoxy) is 2. The van der Waals surface area contributed by atoms with Crippen LogP contribution in [0.2, 0.25) is 0 Å². The Morgan fingerprint density at radius 1 is 1.00 bits per heavy atom. The van der Waals surface area contributed by atoms with E-state index in [1.165, 1.54) is 42.5 Å². The predicted octanol–water partition coefficient (Wildman–Crippen LogP) is 4.31. The second-order valence-electron chi connectivity index (χ2n) is 10.8. The SMILES string of the molecule is CCOc1cc([C@H]2c3sc(=O)[nH]c3SC3C(=O)N(c4ccccc4C(F)(F)F)C(=O)C32)ccc1OCC(=O)Nc1ccc(S(N)(=O)=O)cc1. The minimum atomic E-state index is -4.83. The number of amides is 3. The summed E-state index contributed by atoms with van der Waals surface area (Å²) in [6.45, 7) is 1.38. The first-order chi connectivity index (χ1) is 23.2. The fourth-order valence-corrected chi connectivity index (χ4v) is 8.73. The molecule has 0 spiro atoms. The predicted molar refractivity (Wildman–Crippen MR) is 173 cm³/mol. The highest BCUT2D eigenvalue weighted by molar-refractivity contribution is 8.00. The fourth-order valence-electron chi connectivity index (χ4n) is 5.70. The summed E-state index contributed by atoms with van der Waals surface area (Å²) in [5.74, 6) is -4.04. The number of aromatic nitrogens is 1. The molecule has 0 saturated carbocycles. The number of nitrogens with zero attached hydrogens (tertiary/aromatic N) is 1. The second-order valence-corrected chi connectivity index (χ2v) is 14.6. The van der Waals surface area contributed by atoms with Crippen molar-refractivity contribution in [1.82, 2.24) is 4.98 Å². The molecule has 1 aromatic heterocycles. The molecule has 3 amide bonds. The number of hydrogen-bond acceptors (Lipinski definition) is 10. The van der Waals surface area contributed by atoms with Crippen molar-refractivity contribution in [1.29, 1.82) is 0 Å². The van der Waals surface area contributed by atoms with Gasteiger partial charge in [-0.05, 0) is 61.0 Å². The van der Waals surface area contributed by atoms with Gasteiger partial charge in [0.1, 0.15) is 5.25 Å². The third-order valence-electron chi connectivity index (χ3n) is 7.73. The van der Waals surface area contributed by atoms with Crippen LogP contribution in [0.15, 0.2) is 81.4 Å². The maximum atomic E-state index is 14.0. The number of nitrogens with one attached hydrogen (secondary N) is 2. The number of thioether (sulfide) groups is 1. The summed E-state index contributed by atoms with van der Waals surface area (Å²) in [4.78, 5) is 55.9. The van der Waals surface area contributed by atoms with Crippen LogP contribution >= 0.6 is 23.1 Å². The van der Waals surface area contributed by atoms with E-state index in [4.69, 9.17) is 14.6 Å². The van der Waals surface area contributed by atoms with Gasteiger partial charge in [0, 0.05) is 16.5 Å². The number of para-hydroxylation sites is 1. The molecular weight excluding hydrogens is 710 g/mol. The van der Waals surface area contributed by atoms with Crippen LogP contribution in [0.25, 0.3) is 0 Å². The van der Waals surface area contributed by atoms with Crippen LogP contribution in [0.5, 0.6) is 11.5 Å². The largest absolute Gasteiger partial charge is 0.490 e. The maximum absolute atomic E-state index is 14.0. The molecular formula is C31H25F3N4O8S3. The Kier molecular flexibility index (Phi) is 9.08. The summed E-state index contributed by atoms with van der Waals surface area (Å²) in [6, 6.07) is 14.1. The number of primary sulfonamides is 1. The second kappa shape index (κ2) is 13.0. The number of rotatable bonds is 9. The number of sulfonamides is 1. The lowest BCUT2D eigenvalue weighted by Gasteiger charge is -2.30. The van der Waals surface area contributed by atoms with Crippen LogP contribution in [0.3, 0.4) is 0 Å². The number of fused-ring (bicyclic) bond motifs is 2. The highest BCUT2D eigenvalue weighted by Gasteiger charge is 2.57. The molecule has 49 heavy (non-hydrogen) atoms. The zero-order chi connectivity index (χ0) is 35.2. The quantitative estimate of drug-likeness (QED) is 0.212. The Bertz CT molecular complexity index is 2130. The Morgan fingerprint density at radius 3 is 2.39 bits per heavy atom. The number of aromatic amines is 1. The van der Waals surface area contributed by atoms with Gasteiger partial charge in [-0.25, -0.2) is 18.5 Å². The van der Waals surface area contributed by atoms with Crippen LogP contribution in [0.4, 0.5) is 24.5 Å². The smallest absolute Gasteiger partial charge is 0.418 e. The maximum Gasteiger partial charge on any atom is 0.418 e. The van der Waals surface area contributed by atoms with Gasteiger partial charge >= 0.3 is 11.0 Å². The number of nitrogens with two attached hydrogens (primary N) is 1. The molecule has 6 rings (SSSR count). The molecule has 3 aromatic carbocycles. The van der Waals surface area contributed by atoms with E-state index in [0.717, 1.165) is 35.2 Å². The minimum absolute atomic E-state index is 0.132. The summed E-state index contributed by atoms with van der Waals surface area (Å²) in [7, 11) is -3.91. The molecule has 0 bridgehead atoms. The normalized spacial score (nSPS) is 19.0. The molecule has 4 N–H and O–H groups in total. The first kappa shape index (κ1) is 34.2. The van der Waals surface area contributed by atoms with Crippen molar-refractivity contribution in [2.45, 2.75) is 34.2 Å².